The first-order valence-corrected chi connectivity index (χ1v) is 8.51. The lowest BCUT2D eigenvalue weighted by Crippen LogP contribution is -2.27. The normalized spacial score (nSPS) is 11.4. The summed E-state index contributed by atoms with van der Waals surface area (Å²) in [6.45, 7) is 5.35. The van der Waals surface area contributed by atoms with Gasteiger partial charge in [0.15, 0.2) is 0 Å². The molecule has 0 aromatic heterocycles. The quantitative estimate of drug-likeness (QED) is 0.660. The molecule has 7 heteroatoms. The maximum absolute atomic E-state index is 13.9. The zero-order chi connectivity index (χ0) is 21.1. The summed E-state index contributed by atoms with van der Waals surface area (Å²) in [5, 5.41) is 8.97. The van der Waals surface area contributed by atoms with E-state index in [1.165, 1.54) is 24.3 Å². The summed E-state index contributed by atoms with van der Waals surface area (Å²) in [4.78, 5) is 3.80. The van der Waals surface area contributed by atoms with E-state index in [1.54, 1.807) is 13.1 Å². The molecule has 0 N–H and O–H groups in total. The van der Waals surface area contributed by atoms with Crippen LogP contribution in [0.3, 0.4) is 0 Å². The Balaban J connectivity index is 2.53. The topological polar surface area (TPSA) is 30.3 Å². The third-order valence-corrected chi connectivity index (χ3v) is 4.39. The zero-order valence-electron chi connectivity index (χ0n) is 15.9. The number of nitriles is 1. The molecular weight excluding hydrogens is 370 g/mol. The van der Waals surface area contributed by atoms with Gasteiger partial charge in [0.1, 0.15) is 5.82 Å². The van der Waals surface area contributed by atoms with Gasteiger partial charge in [0, 0.05) is 31.4 Å². The van der Waals surface area contributed by atoms with Crippen molar-refractivity contribution in [3.63, 3.8) is 0 Å². The van der Waals surface area contributed by atoms with Crippen LogP contribution in [0.5, 0.6) is 0 Å². The van der Waals surface area contributed by atoms with E-state index in [1.807, 2.05) is 23.9 Å². The summed E-state index contributed by atoms with van der Waals surface area (Å²) >= 11 is 0. The molecule has 0 aliphatic rings. The van der Waals surface area contributed by atoms with Gasteiger partial charge in [0.25, 0.3) is 0 Å². The fourth-order valence-electron chi connectivity index (χ4n) is 2.74. The highest BCUT2D eigenvalue weighted by atomic mass is 19.4. The Morgan fingerprint density at radius 3 is 2.32 bits per heavy atom. The Labute approximate surface area is 162 Å². The second kappa shape index (κ2) is 8.44. The van der Waals surface area contributed by atoms with E-state index in [-0.39, 0.29) is 5.56 Å². The summed E-state index contributed by atoms with van der Waals surface area (Å²) in [7, 11) is 5.62. The second-order valence-electron chi connectivity index (χ2n) is 6.73. The first-order valence-electron chi connectivity index (χ1n) is 8.51. The summed E-state index contributed by atoms with van der Waals surface area (Å²) in [5.74, 6) is -0.509. The number of halogens is 4. The van der Waals surface area contributed by atoms with Crippen molar-refractivity contribution in [1.29, 1.82) is 5.26 Å². The van der Waals surface area contributed by atoms with Crippen LogP contribution in [0.15, 0.2) is 43.0 Å². The van der Waals surface area contributed by atoms with Crippen molar-refractivity contribution in [2.45, 2.75) is 6.18 Å². The minimum atomic E-state index is -4.67. The minimum absolute atomic E-state index is 0.239. The monoisotopic (exact) mass is 391 g/mol. The third-order valence-electron chi connectivity index (χ3n) is 4.39. The highest BCUT2D eigenvalue weighted by Crippen LogP contribution is 2.37. The fraction of sp³-hybridized carbons (Fsp3) is 0.286. The minimum Gasteiger partial charge on any atom is -0.373 e. The number of hydrogen-bond donors (Lipinski definition) is 0. The third kappa shape index (κ3) is 4.90. The molecule has 0 fully saturated rings. The van der Waals surface area contributed by atoms with Gasteiger partial charge < -0.3 is 9.80 Å². The molecule has 0 radical (unpaired) electrons. The molecule has 28 heavy (non-hydrogen) atoms. The van der Waals surface area contributed by atoms with Gasteiger partial charge in [-0.2, -0.15) is 18.4 Å². The predicted molar refractivity (Wildman–Crippen MR) is 102 cm³/mol. The average Bonchev–Trinajstić information content (AvgIpc) is 2.64. The van der Waals surface area contributed by atoms with Crippen LogP contribution in [0, 0.1) is 17.1 Å². The zero-order valence-corrected chi connectivity index (χ0v) is 15.9. The van der Waals surface area contributed by atoms with E-state index in [4.69, 9.17) is 5.26 Å². The van der Waals surface area contributed by atoms with Crippen molar-refractivity contribution in [1.82, 2.24) is 9.80 Å². The van der Waals surface area contributed by atoms with E-state index < -0.39 is 23.1 Å². The van der Waals surface area contributed by atoms with Crippen molar-refractivity contribution < 1.29 is 17.6 Å². The van der Waals surface area contributed by atoms with Gasteiger partial charge in [-0.05, 0) is 49.5 Å². The largest absolute Gasteiger partial charge is 0.417 e. The number of alkyl halides is 3. The lowest BCUT2D eigenvalue weighted by Gasteiger charge is -2.25. The van der Waals surface area contributed by atoms with Gasteiger partial charge in [0.2, 0.25) is 0 Å². The van der Waals surface area contributed by atoms with Crippen LogP contribution in [0.25, 0.3) is 16.8 Å². The fourth-order valence-corrected chi connectivity index (χ4v) is 2.74. The molecule has 0 saturated heterocycles. The van der Waals surface area contributed by atoms with Crippen LogP contribution in [-0.2, 0) is 6.18 Å². The molecule has 0 saturated carbocycles. The standard InChI is InChI=1S/C21H21F4N3/c1-14(28(4)10-9-27(2)3)19-12-17(22)7-8-18(19)15-5-6-16(13-26)20(11-15)21(23,24)25/h5-8,11-12H,1,9-10H2,2-4H3. The summed E-state index contributed by atoms with van der Waals surface area (Å²) in [6, 6.07) is 8.92. The Morgan fingerprint density at radius 1 is 1.07 bits per heavy atom. The van der Waals surface area contributed by atoms with Crippen LogP contribution in [0.4, 0.5) is 17.6 Å². The van der Waals surface area contributed by atoms with Gasteiger partial charge in [-0.25, -0.2) is 4.39 Å². The molecule has 0 bridgehead atoms. The van der Waals surface area contributed by atoms with Crippen molar-refractivity contribution in [3.8, 4) is 17.2 Å². The van der Waals surface area contributed by atoms with Gasteiger partial charge in [-0.15, -0.1) is 0 Å². The Kier molecular flexibility index (Phi) is 6.47. The van der Waals surface area contributed by atoms with Gasteiger partial charge in [-0.3, -0.25) is 0 Å². The van der Waals surface area contributed by atoms with Crippen LogP contribution in [0.1, 0.15) is 16.7 Å². The maximum atomic E-state index is 13.9. The highest BCUT2D eigenvalue weighted by Gasteiger charge is 2.34. The van der Waals surface area contributed by atoms with Gasteiger partial charge >= 0.3 is 6.18 Å². The molecule has 2 aromatic carbocycles. The number of likely N-dealkylation sites (N-methyl/N-ethyl adjacent to an activating group) is 2. The van der Waals surface area contributed by atoms with E-state index in [0.717, 1.165) is 18.7 Å². The molecule has 0 aliphatic heterocycles. The van der Waals surface area contributed by atoms with Crippen molar-refractivity contribution in [3.05, 3.63) is 65.5 Å². The molecule has 0 heterocycles. The Morgan fingerprint density at radius 2 is 1.75 bits per heavy atom. The molecule has 148 valence electrons. The molecule has 2 aromatic rings. The highest BCUT2D eigenvalue weighted by molar-refractivity contribution is 5.80. The van der Waals surface area contributed by atoms with Crippen LogP contribution in [0.2, 0.25) is 0 Å². The lowest BCUT2D eigenvalue weighted by atomic mass is 9.94. The smallest absolute Gasteiger partial charge is 0.373 e. The first-order chi connectivity index (χ1) is 13.0. The first kappa shape index (κ1) is 21.5. The van der Waals surface area contributed by atoms with E-state index in [9.17, 15) is 17.6 Å². The maximum Gasteiger partial charge on any atom is 0.417 e. The van der Waals surface area contributed by atoms with Crippen LogP contribution < -0.4 is 0 Å². The van der Waals surface area contributed by atoms with E-state index >= 15 is 0 Å². The number of hydrogen-bond acceptors (Lipinski definition) is 3. The average molecular weight is 391 g/mol. The van der Waals surface area contributed by atoms with Crippen LogP contribution in [-0.4, -0.2) is 44.0 Å². The molecule has 0 aliphatic carbocycles. The number of nitrogens with zero attached hydrogens (tertiary/aromatic N) is 3. The van der Waals surface area contributed by atoms with Crippen molar-refractivity contribution in [2.75, 3.05) is 34.2 Å². The number of benzene rings is 2. The molecular formula is C21H21F4N3. The summed E-state index contributed by atoms with van der Waals surface area (Å²) < 4.78 is 53.8. The molecule has 0 atom stereocenters. The molecule has 2 rings (SSSR count). The Bertz CT molecular complexity index is 911. The number of rotatable bonds is 6. The second-order valence-corrected chi connectivity index (χ2v) is 6.73. The molecule has 0 unspecified atom stereocenters. The van der Waals surface area contributed by atoms with Gasteiger partial charge in [-0.1, -0.05) is 18.7 Å². The molecule has 0 spiro atoms. The molecule has 3 nitrogen and oxygen atoms in total. The lowest BCUT2D eigenvalue weighted by molar-refractivity contribution is -0.137. The van der Waals surface area contributed by atoms with E-state index in [2.05, 4.69) is 6.58 Å². The van der Waals surface area contributed by atoms with Crippen molar-refractivity contribution in [2.24, 2.45) is 0 Å². The Hall–Kier alpha value is -2.85. The van der Waals surface area contributed by atoms with Gasteiger partial charge in [0.05, 0.1) is 17.2 Å². The van der Waals surface area contributed by atoms with E-state index in [0.29, 0.717) is 23.4 Å². The molecule has 0 amide bonds. The SMILES string of the molecule is C=C(c1cc(F)ccc1-c1ccc(C#N)c(C(F)(F)F)c1)N(C)CCN(C)C. The van der Waals surface area contributed by atoms with Crippen LogP contribution >= 0.6 is 0 Å². The predicted octanol–water partition coefficient (Wildman–Crippen LogP) is 4.85. The van der Waals surface area contributed by atoms with Crippen molar-refractivity contribution >= 4 is 5.70 Å². The summed E-state index contributed by atoms with van der Waals surface area (Å²) in [5.41, 5.74) is 0.0751. The summed E-state index contributed by atoms with van der Waals surface area (Å²) in [6.07, 6.45) is -4.67.